The lowest BCUT2D eigenvalue weighted by atomic mass is 10.2. The van der Waals surface area contributed by atoms with Crippen molar-refractivity contribution in [3.05, 3.63) is 51.4 Å². The normalized spacial score (nSPS) is 10.3. The van der Waals surface area contributed by atoms with Crippen LogP contribution in [0.3, 0.4) is 0 Å². The maximum atomic E-state index is 12.2. The van der Waals surface area contributed by atoms with Crippen LogP contribution in [0, 0.1) is 0 Å². The molecule has 18 heavy (non-hydrogen) atoms. The Balaban J connectivity index is 2.12. The first-order valence-electron chi connectivity index (χ1n) is 5.62. The second-order valence-corrected chi connectivity index (χ2v) is 4.98. The molecule has 0 fully saturated rings. The van der Waals surface area contributed by atoms with Gasteiger partial charge in [0, 0.05) is 23.5 Å². The summed E-state index contributed by atoms with van der Waals surface area (Å²) in [7, 11) is 0. The molecule has 1 aromatic heterocycles. The molecule has 0 radical (unpaired) electrons. The van der Waals surface area contributed by atoms with E-state index in [1.165, 1.54) is 11.3 Å². The molecule has 1 heterocycles. The summed E-state index contributed by atoms with van der Waals surface area (Å²) in [6.45, 7) is 3.14. The highest BCUT2D eigenvalue weighted by molar-refractivity contribution is 7.07. The molecular formula is C13H13ClN2OS. The molecule has 3 nitrogen and oxygen atoms in total. The van der Waals surface area contributed by atoms with E-state index in [2.05, 4.69) is 4.98 Å². The number of amides is 1. The van der Waals surface area contributed by atoms with Crippen molar-refractivity contribution in [3.8, 4) is 0 Å². The Labute approximate surface area is 115 Å². The van der Waals surface area contributed by atoms with Crippen molar-refractivity contribution in [2.24, 2.45) is 0 Å². The molecule has 5 heteroatoms. The van der Waals surface area contributed by atoms with Gasteiger partial charge < -0.3 is 4.90 Å². The molecule has 0 aliphatic carbocycles. The maximum Gasteiger partial charge on any atom is 0.273 e. The second-order valence-electron chi connectivity index (χ2n) is 3.82. The largest absolute Gasteiger partial charge is 0.333 e. The number of carbonyl (C=O) groups excluding carboxylic acids is 1. The predicted molar refractivity (Wildman–Crippen MR) is 74.0 cm³/mol. The van der Waals surface area contributed by atoms with Crippen LogP contribution >= 0.6 is 22.9 Å². The predicted octanol–water partition coefficient (Wildman–Crippen LogP) is 3.46. The molecule has 1 amide bonds. The van der Waals surface area contributed by atoms with Crippen molar-refractivity contribution in [3.63, 3.8) is 0 Å². The summed E-state index contributed by atoms with van der Waals surface area (Å²) in [5, 5.41) is 2.45. The summed E-state index contributed by atoms with van der Waals surface area (Å²) in [4.78, 5) is 18.0. The van der Waals surface area contributed by atoms with Crippen LogP contribution in [0.1, 0.15) is 23.0 Å². The van der Waals surface area contributed by atoms with Crippen LogP contribution < -0.4 is 0 Å². The molecular weight excluding hydrogens is 268 g/mol. The lowest BCUT2D eigenvalue weighted by molar-refractivity contribution is 0.0747. The average Bonchev–Trinajstić information content (AvgIpc) is 2.89. The number of nitrogens with zero attached hydrogens (tertiary/aromatic N) is 2. The lowest BCUT2D eigenvalue weighted by Crippen LogP contribution is -2.30. The van der Waals surface area contributed by atoms with Crippen molar-refractivity contribution < 1.29 is 4.79 Å². The third-order valence-electron chi connectivity index (χ3n) is 2.58. The van der Waals surface area contributed by atoms with Crippen LogP contribution in [0.4, 0.5) is 0 Å². The van der Waals surface area contributed by atoms with Crippen LogP contribution in [0.25, 0.3) is 0 Å². The first-order chi connectivity index (χ1) is 8.70. The van der Waals surface area contributed by atoms with E-state index >= 15 is 0 Å². The van der Waals surface area contributed by atoms with Crippen LogP contribution in [0.15, 0.2) is 35.2 Å². The van der Waals surface area contributed by atoms with Gasteiger partial charge in [-0.2, -0.15) is 0 Å². The van der Waals surface area contributed by atoms with Gasteiger partial charge in [0.25, 0.3) is 5.91 Å². The van der Waals surface area contributed by atoms with E-state index in [1.807, 2.05) is 31.2 Å². The van der Waals surface area contributed by atoms with Crippen LogP contribution in [-0.2, 0) is 6.54 Å². The zero-order valence-corrected chi connectivity index (χ0v) is 11.5. The molecule has 94 valence electrons. The van der Waals surface area contributed by atoms with Gasteiger partial charge >= 0.3 is 0 Å². The van der Waals surface area contributed by atoms with Crippen molar-refractivity contribution in [2.75, 3.05) is 6.54 Å². The number of hydrogen-bond acceptors (Lipinski definition) is 3. The number of benzene rings is 1. The average molecular weight is 281 g/mol. The van der Waals surface area contributed by atoms with Crippen molar-refractivity contribution >= 4 is 28.8 Å². The van der Waals surface area contributed by atoms with Crippen LogP contribution in [0.2, 0.25) is 5.02 Å². The van der Waals surface area contributed by atoms with Gasteiger partial charge in [-0.1, -0.05) is 23.7 Å². The molecule has 0 aliphatic heterocycles. The highest BCUT2D eigenvalue weighted by atomic mass is 35.5. The molecule has 1 aromatic carbocycles. The summed E-state index contributed by atoms with van der Waals surface area (Å²) in [6, 6.07) is 7.55. The van der Waals surface area contributed by atoms with Gasteiger partial charge in [-0.3, -0.25) is 4.79 Å². The van der Waals surface area contributed by atoms with Gasteiger partial charge in [-0.05, 0) is 24.6 Å². The number of rotatable bonds is 4. The third-order valence-corrected chi connectivity index (χ3v) is 3.40. The Hall–Kier alpha value is -1.39. The summed E-state index contributed by atoms with van der Waals surface area (Å²) in [6.07, 6.45) is 0. The van der Waals surface area contributed by atoms with Gasteiger partial charge in [0.1, 0.15) is 5.69 Å². The quantitative estimate of drug-likeness (QED) is 0.859. The fourth-order valence-electron chi connectivity index (χ4n) is 1.66. The van der Waals surface area contributed by atoms with Crippen molar-refractivity contribution in [1.82, 2.24) is 9.88 Å². The second kappa shape index (κ2) is 5.98. The Morgan fingerprint density at radius 1 is 1.50 bits per heavy atom. The van der Waals surface area contributed by atoms with E-state index in [9.17, 15) is 4.79 Å². The van der Waals surface area contributed by atoms with Gasteiger partial charge in [0.15, 0.2) is 0 Å². The van der Waals surface area contributed by atoms with Crippen molar-refractivity contribution in [2.45, 2.75) is 13.5 Å². The van der Waals surface area contributed by atoms with Gasteiger partial charge in [-0.15, -0.1) is 11.3 Å². The molecule has 0 atom stereocenters. The zero-order chi connectivity index (χ0) is 13.0. The molecule has 0 bridgehead atoms. The molecule has 2 rings (SSSR count). The van der Waals surface area contributed by atoms with E-state index in [1.54, 1.807) is 15.8 Å². The SMILES string of the molecule is CCN(Cc1cccc(Cl)c1)C(=O)c1cscn1. The number of hydrogen-bond donors (Lipinski definition) is 0. The highest BCUT2D eigenvalue weighted by Gasteiger charge is 2.16. The fourth-order valence-corrected chi connectivity index (χ4v) is 2.40. The monoisotopic (exact) mass is 280 g/mol. The zero-order valence-electron chi connectivity index (χ0n) is 9.97. The molecule has 0 N–H and O–H groups in total. The first-order valence-corrected chi connectivity index (χ1v) is 6.94. The van der Waals surface area contributed by atoms with Gasteiger partial charge in [0.05, 0.1) is 5.51 Å². The number of carbonyl (C=O) groups is 1. The smallest absolute Gasteiger partial charge is 0.273 e. The van der Waals surface area contributed by atoms with Crippen molar-refractivity contribution in [1.29, 1.82) is 0 Å². The number of aromatic nitrogens is 1. The molecule has 0 aliphatic rings. The maximum absolute atomic E-state index is 12.2. The van der Waals surface area contributed by atoms with E-state index in [4.69, 9.17) is 11.6 Å². The Bertz CT molecular complexity index is 528. The lowest BCUT2D eigenvalue weighted by Gasteiger charge is -2.20. The van der Waals surface area contributed by atoms with Gasteiger partial charge in [-0.25, -0.2) is 4.98 Å². The minimum Gasteiger partial charge on any atom is -0.333 e. The first kappa shape index (κ1) is 13.1. The van der Waals surface area contributed by atoms with E-state index in [0.29, 0.717) is 23.8 Å². The van der Waals surface area contributed by atoms with E-state index in [0.717, 1.165) is 5.56 Å². The Morgan fingerprint density at radius 3 is 2.94 bits per heavy atom. The standard InChI is InChI=1S/C13H13ClN2OS/c1-2-16(13(17)12-8-18-9-15-12)7-10-4-3-5-11(14)6-10/h3-6,8-9H,2,7H2,1H3. The van der Waals surface area contributed by atoms with Gasteiger partial charge in [0.2, 0.25) is 0 Å². The van der Waals surface area contributed by atoms with E-state index in [-0.39, 0.29) is 5.91 Å². The number of thiazole rings is 1. The summed E-state index contributed by atoms with van der Waals surface area (Å²) in [5.41, 5.74) is 3.19. The summed E-state index contributed by atoms with van der Waals surface area (Å²) >= 11 is 7.36. The fraction of sp³-hybridized carbons (Fsp3) is 0.231. The number of halogens is 1. The Kier molecular flexibility index (Phi) is 4.33. The Morgan fingerprint density at radius 2 is 2.33 bits per heavy atom. The summed E-state index contributed by atoms with van der Waals surface area (Å²) in [5.74, 6) is -0.0428. The minimum atomic E-state index is -0.0428. The topological polar surface area (TPSA) is 33.2 Å². The minimum absolute atomic E-state index is 0.0428. The molecule has 2 aromatic rings. The van der Waals surface area contributed by atoms with Crippen LogP contribution in [-0.4, -0.2) is 22.3 Å². The molecule has 0 spiro atoms. The molecule has 0 unspecified atom stereocenters. The molecule has 0 saturated heterocycles. The highest BCUT2D eigenvalue weighted by Crippen LogP contribution is 2.14. The van der Waals surface area contributed by atoms with Crippen LogP contribution in [0.5, 0.6) is 0 Å². The van der Waals surface area contributed by atoms with E-state index < -0.39 is 0 Å². The molecule has 0 saturated carbocycles. The third kappa shape index (κ3) is 3.09. The summed E-state index contributed by atoms with van der Waals surface area (Å²) < 4.78 is 0.